The van der Waals surface area contributed by atoms with Gasteiger partial charge in [0.25, 0.3) is 0 Å². The van der Waals surface area contributed by atoms with E-state index in [1.54, 1.807) is 18.3 Å². The lowest BCUT2D eigenvalue weighted by Crippen LogP contribution is -2.59. The van der Waals surface area contributed by atoms with Gasteiger partial charge in [0, 0.05) is 35.7 Å². The van der Waals surface area contributed by atoms with Crippen molar-refractivity contribution in [2.75, 3.05) is 5.75 Å². The number of aliphatic carboxylic acids is 2. The van der Waals surface area contributed by atoms with Crippen molar-refractivity contribution >= 4 is 53.2 Å². The highest BCUT2D eigenvalue weighted by molar-refractivity contribution is 7.80. The highest BCUT2D eigenvalue weighted by atomic mass is 32.1. The Labute approximate surface area is 217 Å². The second kappa shape index (κ2) is 13.6. The molecule has 0 aliphatic rings. The Bertz CT molecular complexity index is 1140. The molecule has 202 valence electrons. The molecule has 0 spiro atoms. The van der Waals surface area contributed by atoms with Gasteiger partial charge in [-0.2, -0.15) is 12.6 Å². The third-order valence-corrected chi connectivity index (χ3v) is 6.00. The van der Waals surface area contributed by atoms with Gasteiger partial charge in [0.2, 0.25) is 17.7 Å². The van der Waals surface area contributed by atoms with Crippen LogP contribution in [0.5, 0.6) is 0 Å². The Balaban J connectivity index is 2.27. The van der Waals surface area contributed by atoms with E-state index in [-0.39, 0.29) is 18.6 Å². The Kier molecular flexibility index (Phi) is 10.9. The summed E-state index contributed by atoms with van der Waals surface area (Å²) in [4.78, 5) is 63.9. The highest BCUT2D eigenvalue weighted by Crippen LogP contribution is 2.19. The van der Waals surface area contributed by atoms with Crippen LogP contribution in [0.1, 0.15) is 25.3 Å². The molecule has 0 bridgehead atoms. The first-order chi connectivity index (χ1) is 17.4. The Morgan fingerprint density at radius 3 is 2.16 bits per heavy atom. The first-order valence-corrected chi connectivity index (χ1v) is 12.0. The van der Waals surface area contributed by atoms with Crippen LogP contribution in [0.3, 0.4) is 0 Å². The molecule has 0 fully saturated rings. The Morgan fingerprint density at radius 2 is 1.57 bits per heavy atom. The molecule has 0 saturated carbocycles. The van der Waals surface area contributed by atoms with Gasteiger partial charge in [-0.1, -0.05) is 18.2 Å². The number of hydrogen-bond acceptors (Lipinski definition) is 8. The van der Waals surface area contributed by atoms with Crippen molar-refractivity contribution in [3.63, 3.8) is 0 Å². The number of aliphatic hydroxyl groups is 1. The van der Waals surface area contributed by atoms with Crippen molar-refractivity contribution in [1.82, 2.24) is 20.9 Å². The van der Waals surface area contributed by atoms with Gasteiger partial charge in [-0.15, -0.1) is 0 Å². The number of aromatic amines is 1. The minimum atomic E-state index is -1.50. The number of nitrogens with two attached hydrogens (primary N) is 1. The lowest BCUT2D eigenvalue weighted by molar-refractivity contribution is -0.143. The van der Waals surface area contributed by atoms with Crippen molar-refractivity contribution in [2.45, 2.75) is 56.5 Å². The second-order valence-electron chi connectivity index (χ2n) is 8.47. The zero-order valence-corrected chi connectivity index (χ0v) is 20.9. The number of carboxylic acids is 2. The molecule has 3 amide bonds. The molecule has 1 aromatic carbocycles. The quantitative estimate of drug-likeness (QED) is 0.131. The average molecular weight is 538 g/mol. The minimum Gasteiger partial charge on any atom is -0.481 e. The molecule has 0 aliphatic heterocycles. The number of rotatable bonds is 14. The largest absolute Gasteiger partial charge is 0.481 e. The fourth-order valence-electron chi connectivity index (χ4n) is 3.48. The predicted molar refractivity (Wildman–Crippen MR) is 136 cm³/mol. The van der Waals surface area contributed by atoms with Gasteiger partial charge >= 0.3 is 11.9 Å². The van der Waals surface area contributed by atoms with E-state index in [9.17, 15) is 34.2 Å². The zero-order valence-electron chi connectivity index (χ0n) is 20.0. The number of carboxylic acid groups (broad SMARTS) is 2. The number of aliphatic hydroxyl groups excluding tert-OH is 1. The topological polar surface area (TPSA) is 224 Å². The van der Waals surface area contributed by atoms with Crippen molar-refractivity contribution in [2.24, 2.45) is 5.73 Å². The number of fused-ring (bicyclic) bond motifs is 1. The summed E-state index contributed by atoms with van der Waals surface area (Å²) in [7, 11) is 0. The lowest BCUT2D eigenvalue weighted by Gasteiger charge is -2.25. The summed E-state index contributed by atoms with van der Waals surface area (Å²) in [5, 5.41) is 35.8. The summed E-state index contributed by atoms with van der Waals surface area (Å²) in [6, 6.07) is 1.91. The van der Waals surface area contributed by atoms with Crippen molar-refractivity contribution < 1.29 is 39.3 Å². The van der Waals surface area contributed by atoms with Crippen LogP contribution in [0, 0.1) is 0 Å². The predicted octanol–water partition coefficient (Wildman–Crippen LogP) is -1.25. The molecule has 9 N–H and O–H groups in total. The molecule has 2 aromatic rings. The van der Waals surface area contributed by atoms with Gasteiger partial charge in [0.15, 0.2) is 0 Å². The van der Waals surface area contributed by atoms with E-state index in [1.807, 2.05) is 12.1 Å². The van der Waals surface area contributed by atoms with Crippen LogP contribution in [0.25, 0.3) is 10.9 Å². The number of hydrogen-bond donors (Lipinski definition) is 9. The van der Waals surface area contributed by atoms with E-state index in [0.29, 0.717) is 5.56 Å². The smallest absolute Gasteiger partial charge is 0.326 e. The molecular weight excluding hydrogens is 506 g/mol. The third-order valence-electron chi connectivity index (χ3n) is 5.63. The van der Waals surface area contributed by atoms with Gasteiger partial charge in [-0.25, -0.2) is 4.79 Å². The molecule has 2 rings (SSSR count). The summed E-state index contributed by atoms with van der Waals surface area (Å²) in [6.07, 6.45) is -0.434. The van der Waals surface area contributed by atoms with E-state index in [4.69, 9.17) is 10.8 Å². The van der Waals surface area contributed by atoms with Crippen LogP contribution in [0.15, 0.2) is 30.5 Å². The maximum absolute atomic E-state index is 13.1. The molecule has 14 heteroatoms. The molecular formula is C23H31N5O8S. The van der Waals surface area contributed by atoms with Crippen molar-refractivity contribution in [3.05, 3.63) is 36.0 Å². The monoisotopic (exact) mass is 537 g/mol. The number of para-hydroxylation sites is 1. The average Bonchev–Trinajstić information content (AvgIpc) is 3.26. The van der Waals surface area contributed by atoms with Gasteiger partial charge in [-0.3, -0.25) is 19.2 Å². The maximum Gasteiger partial charge on any atom is 0.326 e. The second-order valence-corrected chi connectivity index (χ2v) is 8.83. The van der Waals surface area contributed by atoms with Crippen molar-refractivity contribution in [1.29, 1.82) is 0 Å². The normalized spacial score (nSPS) is 15.1. The first-order valence-electron chi connectivity index (χ1n) is 11.4. The van der Waals surface area contributed by atoms with E-state index >= 15 is 0 Å². The summed E-state index contributed by atoms with van der Waals surface area (Å²) < 4.78 is 0. The van der Waals surface area contributed by atoms with Gasteiger partial charge in [0.1, 0.15) is 24.2 Å². The number of amides is 3. The van der Waals surface area contributed by atoms with Crippen LogP contribution >= 0.6 is 12.6 Å². The Morgan fingerprint density at radius 1 is 0.973 bits per heavy atom. The molecule has 1 aromatic heterocycles. The molecule has 5 atom stereocenters. The van der Waals surface area contributed by atoms with Crippen LogP contribution in [0.4, 0.5) is 0 Å². The molecule has 0 radical (unpaired) electrons. The summed E-state index contributed by atoms with van der Waals surface area (Å²) >= 11 is 4.07. The molecule has 0 aliphatic carbocycles. The summed E-state index contributed by atoms with van der Waals surface area (Å²) in [5.74, 6) is -5.28. The summed E-state index contributed by atoms with van der Waals surface area (Å²) in [5.41, 5.74) is 7.03. The third kappa shape index (κ3) is 8.48. The van der Waals surface area contributed by atoms with Crippen molar-refractivity contribution in [3.8, 4) is 0 Å². The number of benzene rings is 1. The van der Waals surface area contributed by atoms with E-state index < -0.39 is 66.4 Å². The van der Waals surface area contributed by atoms with Gasteiger partial charge in [-0.05, 0) is 25.0 Å². The molecule has 13 nitrogen and oxygen atoms in total. The number of nitrogens with one attached hydrogen (secondary N) is 4. The number of carbonyl (C=O) groups is 5. The SMILES string of the molecule is CC(O)C(N)C(=O)NC(CS)C(=O)NC(Cc1c[nH]c2ccccc12)C(=O)NC(CCC(=O)O)C(=O)O. The van der Waals surface area contributed by atoms with Crippen LogP contribution in [-0.2, 0) is 30.4 Å². The maximum atomic E-state index is 13.1. The first kappa shape index (κ1) is 29.6. The van der Waals surface area contributed by atoms with E-state index in [0.717, 1.165) is 10.9 Å². The molecule has 37 heavy (non-hydrogen) atoms. The van der Waals surface area contributed by atoms with Crippen LogP contribution in [0.2, 0.25) is 0 Å². The van der Waals surface area contributed by atoms with E-state index in [1.165, 1.54) is 6.92 Å². The van der Waals surface area contributed by atoms with Gasteiger partial charge in [0.05, 0.1) is 6.10 Å². The van der Waals surface area contributed by atoms with Gasteiger partial charge < -0.3 is 42.0 Å². The number of thiol groups is 1. The summed E-state index contributed by atoms with van der Waals surface area (Å²) in [6.45, 7) is 1.31. The molecule has 0 saturated heterocycles. The fourth-order valence-corrected chi connectivity index (χ4v) is 3.74. The molecule has 5 unspecified atom stereocenters. The Hall–Kier alpha value is -3.62. The van der Waals surface area contributed by atoms with Crippen LogP contribution < -0.4 is 21.7 Å². The highest BCUT2D eigenvalue weighted by Gasteiger charge is 2.31. The minimum absolute atomic E-state index is 0.0483. The lowest BCUT2D eigenvalue weighted by atomic mass is 10.0. The molecule has 1 heterocycles. The standard InChI is InChI=1S/C23H31N5O8S/c1-11(29)19(24)22(34)28-17(10-37)21(33)27-16(8-12-9-25-14-5-3-2-4-13(12)14)20(32)26-15(23(35)36)6-7-18(30)31/h2-5,9,11,15-17,19,25,29,37H,6-8,10,24H2,1H3,(H,26,32)(H,27,33)(H,28,34)(H,30,31)(H,35,36). The number of H-pyrrole nitrogens is 1. The number of aromatic nitrogens is 1. The van der Waals surface area contributed by atoms with E-state index in [2.05, 4.69) is 33.6 Å². The fraction of sp³-hybridized carbons (Fsp3) is 0.435. The number of carbonyl (C=O) groups excluding carboxylic acids is 3. The zero-order chi connectivity index (χ0) is 27.7. The van der Waals surface area contributed by atoms with Crippen LogP contribution in [-0.4, -0.2) is 86.0 Å².